The van der Waals surface area contributed by atoms with Crippen LogP contribution in [0.15, 0.2) is 29.2 Å². The number of carboxylic acids is 1. The van der Waals surface area contributed by atoms with E-state index in [2.05, 4.69) is 5.32 Å². The first-order chi connectivity index (χ1) is 9.99. The van der Waals surface area contributed by atoms with E-state index in [1.54, 1.807) is 18.2 Å². The van der Waals surface area contributed by atoms with Gasteiger partial charge in [-0.15, -0.1) is 11.8 Å². The maximum atomic E-state index is 11.6. The van der Waals surface area contributed by atoms with Crippen LogP contribution in [0.3, 0.4) is 0 Å². The molecule has 1 aromatic rings. The van der Waals surface area contributed by atoms with E-state index in [1.165, 1.54) is 17.8 Å². The lowest BCUT2D eigenvalue weighted by Crippen LogP contribution is -2.27. The highest BCUT2D eigenvalue weighted by Gasteiger charge is 2.06. The van der Waals surface area contributed by atoms with Crippen molar-refractivity contribution in [1.82, 2.24) is 5.32 Å². The number of rotatable bonds is 9. The molecule has 116 valence electrons. The number of carbonyl (C=O) groups excluding carboxylic acids is 1. The van der Waals surface area contributed by atoms with E-state index in [9.17, 15) is 9.59 Å². The average molecular weight is 311 g/mol. The van der Waals surface area contributed by atoms with Gasteiger partial charge >= 0.3 is 5.97 Å². The minimum Gasteiger partial charge on any atom is -0.478 e. The van der Waals surface area contributed by atoms with Crippen LogP contribution in [0.4, 0.5) is 0 Å². The molecule has 21 heavy (non-hydrogen) atoms. The summed E-state index contributed by atoms with van der Waals surface area (Å²) in [5, 5.41) is 11.7. The van der Waals surface area contributed by atoms with E-state index in [4.69, 9.17) is 9.84 Å². The summed E-state index contributed by atoms with van der Waals surface area (Å²) < 4.78 is 5.38. The van der Waals surface area contributed by atoms with Gasteiger partial charge in [0.2, 0.25) is 5.91 Å². The summed E-state index contributed by atoms with van der Waals surface area (Å²) in [6, 6.07) is 6.56. The topological polar surface area (TPSA) is 75.6 Å². The molecule has 0 saturated carbocycles. The lowest BCUT2D eigenvalue weighted by atomic mass is 10.2. The zero-order valence-electron chi connectivity index (χ0n) is 12.3. The highest BCUT2D eigenvalue weighted by Crippen LogP contribution is 2.18. The number of nitrogens with one attached hydrogen (secondary N) is 1. The molecular formula is C15H21NO4S. The van der Waals surface area contributed by atoms with Crippen LogP contribution >= 0.6 is 11.8 Å². The lowest BCUT2D eigenvalue weighted by molar-refractivity contribution is -0.118. The fraction of sp³-hybridized carbons (Fsp3) is 0.467. The standard InChI is InChI=1S/C15H21NO4S/c1-11(2)20-8-4-7-16-14(17)10-21-13-6-3-5-12(9-13)15(18)19/h3,5-6,9,11H,4,7-8,10H2,1-2H3,(H,16,17)(H,18,19). The summed E-state index contributed by atoms with van der Waals surface area (Å²) >= 11 is 1.32. The van der Waals surface area contributed by atoms with Crippen LogP contribution in [0.1, 0.15) is 30.6 Å². The highest BCUT2D eigenvalue weighted by molar-refractivity contribution is 8.00. The van der Waals surface area contributed by atoms with Gasteiger partial charge in [0.25, 0.3) is 0 Å². The smallest absolute Gasteiger partial charge is 0.335 e. The fourth-order valence-corrected chi connectivity index (χ4v) is 2.32. The molecule has 1 amide bonds. The van der Waals surface area contributed by atoms with Crippen molar-refractivity contribution in [3.05, 3.63) is 29.8 Å². The van der Waals surface area contributed by atoms with Crippen LogP contribution in [-0.4, -0.2) is 42.0 Å². The zero-order valence-corrected chi connectivity index (χ0v) is 13.1. The van der Waals surface area contributed by atoms with Crippen LogP contribution < -0.4 is 5.32 Å². The second-order valence-corrected chi connectivity index (χ2v) is 5.79. The van der Waals surface area contributed by atoms with Gasteiger partial charge in [0.1, 0.15) is 0 Å². The second-order valence-electron chi connectivity index (χ2n) is 4.74. The zero-order chi connectivity index (χ0) is 15.7. The Morgan fingerprint density at radius 2 is 2.14 bits per heavy atom. The largest absolute Gasteiger partial charge is 0.478 e. The Kier molecular flexibility index (Phi) is 7.85. The number of benzene rings is 1. The molecule has 0 aliphatic heterocycles. The van der Waals surface area contributed by atoms with Crippen molar-refractivity contribution in [3.63, 3.8) is 0 Å². The van der Waals surface area contributed by atoms with Gasteiger partial charge in [-0.25, -0.2) is 4.79 Å². The van der Waals surface area contributed by atoms with Crippen molar-refractivity contribution in [2.45, 2.75) is 31.3 Å². The van der Waals surface area contributed by atoms with Crippen LogP contribution in [0.2, 0.25) is 0 Å². The maximum Gasteiger partial charge on any atom is 0.335 e. The Morgan fingerprint density at radius 1 is 1.38 bits per heavy atom. The molecule has 0 radical (unpaired) electrons. The molecule has 0 fully saturated rings. The number of amides is 1. The van der Waals surface area contributed by atoms with E-state index < -0.39 is 5.97 Å². The number of hydrogen-bond acceptors (Lipinski definition) is 4. The molecule has 0 aliphatic rings. The van der Waals surface area contributed by atoms with Crippen molar-refractivity contribution in [1.29, 1.82) is 0 Å². The summed E-state index contributed by atoms with van der Waals surface area (Å²) in [5.74, 6) is -0.758. The van der Waals surface area contributed by atoms with Crippen molar-refractivity contribution in [2.75, 3.05) is 18.9 Å². The van der Waals surface area contributed by atoms with Crippen LogP contribution in [0.5, 0.6) is 0 Å². The van der Waals surface area contributed by atoms with Crippen molar-refractivity contribution in [3.8, 4) is 0 Å². The van der Waals surface area contributed by atoms with Gasteiger partial charge in [0.05, 0.1) is 17.4 Å². The van der Waals surface area contributed by atoms with Crippen molar-refractivity contribution >= 4 is 23.6 Å². The Labute approximate surface area is 129 Å². The van der Waals surface area contributed by atoms with Gasteiger partial charge in [-0.05, 0) is 38.5 Å². The Hall–Kier alpha value is -1.53. The summed E-state index contributed by atoms with van der Waals surface area (Å²) in [7, 11) is 0. The number of thioether (sulfide) groups is 1. The summed E-state index contributed by atoms with van der Waals surface area (Å²) in [6.45, 7) is 5.16. The maximum absolute atomic E-state index is 11.6. The molecule has 1 rings (SSSR count). The molecule has 0 aromatic heterocycles. The van der Waals surface area contributed by atoms with Crippen LogP contribution in [-0.2, 0) is 9.53 Å². The minimum atomic E-state index is -0.966. The average Bonchev–Trinajstić information content (AvgIpc) is 2.44. The van der Waals surface area contributed by atoms with E-state index >= 15 is 0 Å². The molecule has 0 bridgehead atoms. The first kappa shape index (κ1) is 17.5. The summed E-state index contributed by atoms with van der Waals surface area (Å²) in [6.07, 6.45) is 0.987. The Morgan fingerprint density at radius 3 is 2.81 bits per heavy atom. The lowest BCUT2D eigenvalue weighted by Gasteiger charge is -2.08. The number of carboxylic acid groups (broad SMARTS) is 1. The predicted octanol–water partition coefficient (Wildman–Crippen LogP) is 2.41. The van der Waals surface area contributed by atoms with E-state index in [0.29, 0.717) is 13.2 Å². The number of carbonyl (C=O) groups is 2. The van der Waals surface area contributed by atoms with Gasteiger partial charge in [-0.2, -0.15) is 0 Å². The molecule has 0 aliphatic carbocycles. The Bertz CT molecular complexity index is 476. The summed E-state index contributed by atoms with van der Waals surface area (Å²) in [4.78, 5) is 23.3. The molecule has 0 heterocycles. The molecule has 0 atom stereocenters. The number of hydrogen-bond donors (Lipinski definition) is 2. The van der Waals surface area contributed by atoms with Gasteiger partial charge in [-0.3, -0.25) is 4.79 Å². The number of ether oxygens (including phenoxy) is 1. The van der Waals surface area contributed by atoms with E-state index in [-0.39, 0.29) is 23.3 Å². The van der Waals surface area contributed by atoms with Gasteiger partial charge in [-0.1, -0.05) is 6.07 Å². The highest BCUT2D eigenvalue weighted by atomic mass is 32.2. The van der Waals surface area contributed by atoms with E-state index in [1.807, 2.05) is 13.8 Å². The van der Waals surface area contributed by atoms with E-state index in [0.717, 1.165) is 11.3 Å². The van der Waals surface area contributed by atoms with Crippen molar-refractivity contribution in [2.24, 2.45) is 0 Å². The second kappa shape index (κ2) is 9.41. The predicted molar refractivity (Wildman–Crippen MR) is 82.8 cm³/mol. The SMILES string of the molecule is CC(C)OCCCNC(=O)CSc1cccc(C(=O)O)c1. The van der Waals surface area contributed by atoms with Crippen molar-refractivity contribution < 1.29 is 19.4 Å². The molecular weight excluding hydrogens is 290 g/mol. The monoisotopic (exact) mass is 311 g/mol. The molecule has 0 saturated heterocycles. The molecule has 6 heteroatoms. The third-order valence-corrected chi connectivity index (χ3v) is 3.54. The minimum absolute atomic E-state index is 0.0646. The normalized spacial score (nSPS) is 10.6. The first-order valence-electron chi connectivity index (χ1n) is 6.83. The summed E-state index contributed by atoms with van der Waals surface area (Å²) in [5.41, 5.74) is 0.228. The van der Waals surface area contributed by atoms with Gasteiger partial charge in [0.15, 0.2) is 0 Å². The first-order valence-corrected chi connectivity index (χ1v) is 7.82. The third kappa shape index (κ3) is 7.72. The molecule has 1 aromatic carbocycles. The molecule has 5 nitrogen and oxygen atoms in total. The number of aromatic carboxylic acids is 1. The molecule has 2 N–H and O–H groups in total. The van der Waals surface area contributed by atoms with Crippen LogP contribution in [0.25, 0.3) is 0 Å². The Balaban J connectivity index is 2.24. The fourth-order valence-electron chi connectivity index (χ4n) is 1.54. The third-order valence-electron chi connectivity index (χ3n) is 2.55. The quantitative estimate of drug-likeness (QED) is 0.541. The van der Waals surface area contributed by atoms with Crippen LogP contribution in [0, 0.1) is 0 Å². The molecule has 0 spiro atoms. The molecule has 0 unspecified atom stereocenters. The van der Waals surface area contributed by atoms with Gasteiger partial charge < -0.3 is 15.2 Å². The van der Waals surface area contributed by atoms with Gasteiger partial charge in [0, 0.05) is 18.0 Å².